The molecule has 0 aliphatic heterocycles. The van der Waals surface area contributed by atoms with Crippen LogP contribution in [-0.2, 0) is 11.2 Å². The second-order valence-electron chi connectivity index (χ2n) is 2.71. The number of aliphatic carboxylic acids is 1. The number of rotatable bonds is 3. The van der Waals surface area contributed by atoms with Crippen molar-refractivity contribution in [3.63, 3.8) is 0 Å². The van der Waals surface area contributed by atoms with Gasteiger partial charge in [0, 0.05) is 12.3 Å². The summed E-state index contributed by atoms with van der Waals surface area (Å²) in [5, 5.41) is 8.50. The van der Waals surface area contributed by atoms with Crippen LogP contribution in [0.15, 0.2) is 23.1 Å². The Morgan fingerprint density at radius 3 is 2.47 bits per heavy atom. The average Bonchev–Trinajstić information content (AvgIpc) is 2.08. The number of carboxylic acid groups (broad SMARTS) is 1. The Kier molecular flexibility index (Phi) is 7.95. The van der Waals surface area contributed by atoms with E-state index in [1.165, 1.54) is 12.3 Å². The first-order valence-corrected chi connectivity index (χ1v) is 3.75. The van der Waals surface area contributed by atoms with Crippen LogP contribution in [0.25, 0.3) is 0 Å². The van der Waals surface area contributed by atoms with Crippen LogP contribution in [-0.4, -0.2) is 22.1 Å². The lowest BCUT2D eigenvalue weighted by atomic mass is 10.1. The molecule has 1 unspecified atom stereocenters. The van der Waals surface area contributed by atoms with Crippen LogP contribution in [0.2, 0.25) is 0 Å². The molecule has 4 N–H and O–H groups in total. The van der Waals surface area contributed by atoms with Crippen molar-refractivity contribution in [1.82, 2.24) is 4.98 Å². The highest BCUT2D eigenvalue weighted by Crippen LogP contribution is 1.97. The van der Waals surface area contributed by atoms with E-state index in [1.807, 2.05) is 0 Å². The van der Waals surface area contributed by atoms with Gasteiger partial charge in [-0.15, -0.1) is 24.8 Å². The SMILES string of the molecule is Cl.Cl.NC(Cc1ccc(=O)[nH]c1)C(=O)O. The number of carboxylic acids is 1. The molecule has 0 spiro atoms. The maximum atomic E-state index is 10.6. The minimum Gasteiger partial charge on any atom is -0.480 e. The molecular weight excluding hydrogens is 243 g/mol. The number of halogens is 2. The van der Waals surface area contributed by atoms with Crippen LogP contribution in [0.5, 0.6) is 0 Å². The lowest BCUT2D eigenvalue weighted by molar-refractivity contribution is -0.138. The fourth-order valence-electron chi connectivity index (χ4n) is 0.911. The Balaban J connectivity index is 0. The molecule has 86 valence electrons. The van der Waals surface area contributed by atoms with Gasteiger partial charge < -0.3 is 15.8 Å². The standard InChI is InChI=1S/C8H10N2O3.2ClH/c9-6(8(12)13)3-5-1-2-7(11)10-4-5;;/h1-2,4,6H,3,9H2,(H,10,11)(H,12,13);2*1H. The molecule has 0 radical (unpaired) electrons. The second kappa shape index (κ2) is 7.28. The van der Waals surface area contributed by atoms with E-state index >= 15 is 0 Å². The largest absolute Gasteiger partial charge is 0.480 e. The van der Waals surface area contributed by atoms with Gasteiger partial charge in [-0.05, 0) is 12.0 Å². The van der Waals surface area contributed by atoms with Crippen molar-refractivity contribution < 1.29 is 9.90 Å². The first-order chi connectivity index (χ1) is 6.09. The number of aromatic amines is 1. The molecular formula is C8H12Cl2N2O3. The molecule has 5 nitrogen and oxygen atoms in total. The third kappa shape index (κ3) is 5.41. The Morgan fingerprint density at radius 1 is 1.47 bits per heavy atom. The van der Waals surface area contributed by atoms with E-state index in [1.54, 1.807) is 6.07 Å². The first kappa shape index (κ1) is 16.4. The summed E-state index contributed by atoms with van der Waals surface area (Å²) >= 11 is 0. The lowest BCUT2D eigenvalue weighted by Crippen LogP contribution is -2.32. The smallest absolute Gasteiger partial charge is 0.320 e. The van der Waals surface area contributed by atoms with E-state index in [4.69, 9.17) is 10.8 Å². The number of H-pyrrole nitrogens is 1. The van der Waals surface area contributed by atoms with Gasteiger partial charge in [-0.1, -0.05) is 6.07 Å². The lowest BCUT2D eigenvalue weighted by Gasteiger charge is -2.04. The maximum Gasteiger partial charge on any atom is 0.320 e. The molecule has 0 aliphatic rings. The quantitative estimate of drug-likeness (QED) is 0.717. The van der Waals surface area contributed by atoms with Crippen molar-refractivity contribution in [2.75, 3.05) is 0 Å². The Labute approximate surface area is 98.5 Å². The van der Waals surface area contributed by atoms with E-state index in [9.17, 15) is 9.59 Å². The van der Waals surface area contributed by atoms with Crippen molar-refractivity contribution in [1.29, 1.82) is 0 Å². The molecule has 0 saturated carbocycles. The number of hydrogen-bond donors (Lipinski definition) is 3. The molecule has 1 heterocycles. The van der Waals surface area contributed by atoms with Crippen LogP contribution in [0, 0.1) is 0 Å². The second-order valence-corrected chi connectivity index (χ2v) is 2.71. The van der Waals surface area contributed by atoms with Gasteiger partial charge in [0.15, 0.2) is 0 Å². The highest BCUT2D eigenvalue weighted by atomic mass is 35.5. The zero-order chi connectivity index (χ0) is 9.84. The Bertz CT molecular complexity index is 347. The molecule has 1 aromatic heterocycles. The third-order valence-electron chi connectivity index (χ3n) is 1.62. The van der Waals surface area contributed by atoms with E-state index in [0.717, 1.165) is 0 Å². The number of nitrogens with two attached hydrogens (primary N) is 1. The minimum atomic E-state index is -1.05. The topological polar surface area (TPSA) is 96.2 Å². The molecule has 1 atom stereocenters. The molecule has 7 heteroatoms. The summed E-state index contributed by atoms with van der Waals surface area (Å²) in [6.45, 7) is 0. The predicted octanol–water partition coefficient (Wildman–Crippen LogP) is 0.173. The fraction of sp³-hybridized carbons (Fsp3) is 0.250. The van der Waals surface area contributed by atoms with Crippen LogP contribution in [0.4, 0.5) is 0 Å². The maximum absolute atomic E-state index is 10.6. The number of pyridine rings is 1. The summed E-state index contributed by atoms with van der Waals surface area (Å²) in [5.41, 5.74) is 5.78. The molecule has 0 aliphatic carbocycles. The molecule has 0 saturated heterocycles. The highest BCUT2D eigenvalue weighted by Gasteiger charge is 2.11. The fourth-order valence-corrected chi connectivity index (χ4v) is 0.911. The van der Waals surface area contributed by atoms with Crippen LogP contribution < -0.4 is 11.3 Å². The van der Waals surface area contributed by atoms with Gasteiger partial charge in [0.1, 0.15) is 6.04 Å². The minimum absolute atomic E-state index is 0. The van der Waals surface area contributed by atoms with Gasteiger partial charge in [-0.3, -0.25) is 9.59 Å². The van der Waals surface area contributed by atoms with E-state index in [2.05, 4.69) is 4.98 Å². The molecule has 0 amide bonds. The molecule has 15 heavy (non-hydrogen) atoms. The van der Waals surface area contributed by atoms with Crippen LogP contribution in [0.1, 0.15) is 5.56 Å². The average molecular weight is 255 g/mol. The number of nitrogens with one attached hydrogen (secondary N) is 1. The molecule has 0 fully saturated rings. The Hall–Kier alpha value is -1.04. The molecule has 1 rings (SSSR count). The molecule has 0 bridgehead atoms. The van der Waals surface area contributed by atoms with Gasteiger partial charge in [-0.25, -0.2) is 0 Å². The predicted molar refractivity (Wildman–Crippen MR) is 60.9 cm³/mol. The number of hydrogen-bond acceptors (Lipinski definition) is 3. The molecule has 1 aromatic rings. The first-order valence-electron chi connectivity index (χ1n) is 3.75. The zero-order valence-electron chi connectivity index (χ0n) is 7.67. The summed E-state index contributed by atoms with van der Waals surface area (Å²) in [4.78, 5) is 23.5. The van der Waals surface area contributed by atoms with Gasteiger partial charge in [0.2, 0.25) is 5.56 Å². The van der Waals surface area contributed by atoms with Crippen molar-refractivity contribution in [2.24, 2.45) is 5.73 Å². The zero-order valence-corrected chi connectivity index (χ0v) is 9.31. The normalized spacial score (nSPS) is 10.7. The van der Waals surface area contributed by atoms with Crippen LogP contribution in [0.3, 0.4) is 0 Å². The van der Waals surface area contributed by atoms with Gasteiger partial charge in [0.25, 0.3) is 0 Å². The summed E-state index contributed by atoms with van der Waals surface area (Å²) in [6.07, 6.45) is 1.68. The monoisotopic (exact) mass is 254 g/mol. The van der Waals surface area contributed by atoms with Gasteiger partial charge in [0.05, 0.1) is 0 Å². The van der Waals surface area contributed by atoms with Crippen molar-refractivity contribution >= 4 is 30.8 Å². The summed E-state index contributed by atoms with van der Waals surface area (Å²) < 4.78 is 0. The van der Waals surface area contributed by atoms with Crippen molar-refractivity contribution in [2.45, 2.75) is 12.5 Å². The number of carbonyl (C=O) groups is 1. The van der Waals surface area contributed by atoms with Gasteiger partial charge in [-0.2, -0.15) is 0 Å². The van der Waals surface area contributed by atoms with Gasteiger partial charge >= 0.3 is 5.97 Å². The van der Waals surface area contributed by atoms with Crippen molar-refractivity contribution in [3.05, 3.63) is 34.2 Å². The number of aromatic nitrogens is 1. The van der Waals surface area contributed by atoms with E-state index < -0.39 is 12.0 Å². The summed E-state index contributed by atoms with van der Waals surface area (Å²) in [7, 11) is 0. The van der Waals surface area contributed by atoms with Crippen molar-refractivity contribution in [3.8, 4) is 0 Å². The third-order valence-corrected chi connectivity index (χ3v) is 1.62. The van der Waals surface area contributed by atoms with Crippen LogP contribution >= 0.6 is 24.8 Å². The van der Waals surface area contributed by atoms with E-state index in [0.29, 0.717) is 5.56 Å². The highest BCUT2D eigenvalue weighted by molar-refractivity contribution is 5.85. The summed E-state index contributed by atoms with van der Waals surface area (Å²) in [5.74, 6) is -1.05. The molecule has 0 aromatic carbocycles. The van der Waals surface area contributed by atoms with E-state index in [-0.39, 0.29) is 36.8 Å². The Morgan fingerprint density at radius 2 is 2.07 bits per heavy atom. The summed E-state index contributed by atoms with van der Waals surface area (Å²) in [6, 6.07) is 1.97.